The Kier molecular flexibility index (Phi) is 4.65. The average molecular weight is 293 g/mol. The summed E-state index contributed by atoms with van der Waals surface area (Å²) < 4.78 is 31.1. The number of nitrogens with zero attached hydrogens (tertiary/aromatic N) is 2. The first kappa shape index (κ1) is 14.9. The molecule has 1 heterocycles. The molecule has 1 aromatic heterocycles. The molecular weight excluding hydrogens is 278 g/mol. The first-order chi connectivity index (χ1) is 8.26. The minimum atomic E-state index is -3.57. The second-order valence-corrected chi connectivity index (χ2v) is 6.64. The predicted molar refractivity (Wildman–Crippen MR) is 68.8 cm³/mol. The van der Waals surface area contributed by atoms with Crippen molar-refractivity contribution >= 4 is 32.6 Å². The highest BCUT2D eigenvalue weighted by molar-refractivity contribution is 7.90. The number of methoxy groups -OCH3 is 1. The van der Waals surface area contributed by atoms with Gasteiger partial charge >= 0.3 is 16.2 Å². The number of esters is 1. The molecule has 102 valence electrons. The van der Waals surface area contributed by atoms with Gasteiger partial charge in [-0.3, -0.25) is 4.79 Å². The van der Waals surface area contributed by atoms with E-state index in [9.17, 15) is 13.2 Å². The zero-order valence-electron chi connectivity index (χ0n) is 10.6. The van der Waals surface area contributed by atoms with Gasteiger partial charge in [-0.15, -0.1) is 11.3 Å². The summed E-state index contributed by atoms with van der Waals surface area (Å²) in [5.41, 5.74) is 0.613. The molecule has 0 aliphatic heterocycles. The van der Waals surface area contributed by atoms with Crippen LogP contribution in [0.4, 0.5) is 5.13 Å². The number of rotatable bonds is 5. The van der Waals surface area contributed by atoms with Gasteiger partial charge < -0.3 is 4.74 Å². The van der Waals surface area contributed by atoms with Gasteiger partial charge in [0.2, 0.25) is 0 Å². The number of carbonyl (C=O) groups excluding carboxylic acids is 1. The van der Waals surface area contributed by atoms with Crippen molar-refractivity contribution in [2.75, 3.05) is 25.9 Å². The number of carbonyl (C=O) groups is 1. The Morgan fingerprint density at radius 3 is 2.61 bits per heavy atom. The second-order valence-electron chi connectivity index (χ2n) is 3.67. The number of thiazole rings is 1. The molecule has 1 aromatic rings. The van der Waals surface area contributed by atoms with E-state index in [0.717, 1.165) is 15.6 Å². The quantitative estimate of drug-likeness (QED) is 0.793. The largest absolute Gasteiger partial charge is 0.469 e. The molecule has 0 bridgehead atoms. The van der Waals surface area contributed by atoms with Crippen LogP contribution in [-0.4, -0.2) is 44.9 Å². The molecule has 0 aromatic carbocycles. The number of anilines is 1. The molecule has 0 unspecified atom stereocenters. The maximum absolute atomic E-state index is 11.6. The third-order valence-corrected chi connectivity index (χ3v) is 4.74. The fourth-order valence-corrected chi connectivity index (χ4v) is 2.77. The molecule has 7 nitrogen and oxygen atoms in total. The van der Waals surface area contributed by atoms with Crippen molar-refractivity contribution in [3.8, 4) is 0 Å². The van der Waals surface area contributed by atoms with E-state index >= 15 is 0 Å². The molecule has 0 fully saturated rings. The molecule has 0 amide bonds. The van der Waals surface area contributed by atoms with Crippen LogP contribution in [0.3, 0.4) is 0 Å². The van der Waals surface area contributed by atoms with E-state index in [1.165, 1.54) is 21.2 Å². The third-order valence-electron chi connectivity index (χ3n) is 2.12. The van der Waals surface area contributed by atoms with E-state index in [-0.39, 0.29) is 17.5 Å². The molecule has 1 N–H and O–H groups in total. The summed E-state index contributed by atoms with van der Waals surface area (Å²) in [6, 6.07) is 0. The van der Waals surface area contributed by atoms with Gasteiger partial charge in [0.25, 0.3) is 0 Å². The topological polar surface area (TPSA) is 88.6 Å². The Hall–Kier alpha value is -1.19. The molecular formula is C9H15N3O4S2. The molecule has 18 heavy (non-hydrogen) atoms. The molecule has 0 aliphatic carbocycles. The van der Waals surface area contributed by atoms with Crippen molar-refractivity contribution in [3.05, 3.63) is 10.6 Å². The number of hydrogen-bond donors (Lipinski definition) is 1. The average Bonchev–Trinajstić information content (AvgIpc) is 2.57. The lowest BCUT2D eigenvalue weighted by atomic mass is 10.3. The molecule has 0 aliphatic rings. The van der Waals surface area contributed by atoms with Gasteiger partial charge in [0.15, 0.2) is 5.13 Å². The van der Waals surface area contributed by atoms with Crippen molar-refractivity contribution in [1.82, 2.24) is 9.29 Å². The van der Waals surface area contributed by atoms with Crippen molar-refractivity contribution in [2.45, 2.75) is 13.3 Å². The molecule has 9 heteroatoms. The summed E-state index contributed by atoms with van der Waals surface area (Å²) in [5.74, 6) is -0.385. The van der Waals surface area contributed by atoms with E-state index in [1.807, 2.05) is 0 Å². The van der Waals surface area contributed by atoms with Gasteiger partial charge in [0, 0.05) is 19.0 Å². The molecule has 0 saturated heterocycles. The van der Waals surface area contributed by atoms with Gasteiger partial charge in [-0.2, -0.15) is 12.7 Å². The van der Waals surface area contributed by atoms with Gasteiger partial charge in [0.1, 0.15) is 0 Å². The Morgan fingerprint density at radius 2 is 2.11 bits per heavy atom. The highest BCUT2D eigenvalue weighted by atomic mass is 32.2. The summed E-state index contributed by atoms with van der Waals surface area (Å²) in [4.78, 5) is 15.9. The predicted octanol–water partition coefficient (Wildman–Crippen LogP) is 0.385. The zero-order chi connectivity index (χ0) is 13.9. The Balaban J connectivity index is 2.88. The van der Waals surface area contributed by atoms with Crippen molar-refractivity contribution in [2.24, 2.45) is 0 Å². The lowest BCUT2D eigenvalue weighted by Gasteiger charge is -2.10. The second kappa shape index (κ2) is 5.63. The van der Waals surface area contributed by atoms with Gasteiger partial charge in [-0.25, -0.2) is 9.71 Å². The summed E-state index contributed by atoms with van der Waals surface area (Å²) in [5, 5.41) is 0.236. The number of ether oxygens (including phenoxy) is 1. The fraction of sp³-hybridized carbons (Fsp3) is 0.556. The first-order valence-electron chi connectivity index (χ1n) is 4.99. The van der Waals surface area contributed by atoms with Crippen LogP contribution in [0.2, 0.25) is 0 Å². The SMILES string of the molecule is COC(=O)Cc1sc(NS(=O)(=O)N(C)C)nc1C. The van der Waals surface area contributed by atoms with Crippen LogP contribution in [0.5, 0.6) is 0 Å². The van der Waals surface area contributed by atoms with E-state index in [1.54, 1.807) is 6.92 Å². The monoisotopic (exact) mass is 293 g/mol. The number of aromatic nitrogens is 1. The van der Waals surface area contributed by atoms with Crippen LogP contribution < -0.4 is 4.72 Å². The number of hydrogen-bond acceptors (Lipinski definition) is 6. The third kappa shape index (κ3) is 3.65. The standard InChI is InChI=1S/C9H15N3O4S2/c1-6-7(5-8(13)16-4)17-9(10-6)11-18(14,15)12(2)3/h5H2,1-4H3,(H,10,11). The molecule has 0 atom stereocenters. The molecule has 1 rings (SSSR count). The molecule has 0 spiro atoms. The Labute approximate surface area is 110 Å². The lowest BCUT2D eigenvalue weighted by molar-refractivity contribution is -0.139. The Morgan fingerprint density at radius 1 is 1.50 bits per heavy atom. The first-order valence-corrected chi connectivity index (χ1v) is 7.25. The zero-order valence-corrected chi connectivity index (χ0v) is 12.2. The van der Waals surface area contributed by atoms with Crippen LogP contribution >= 0.6 is 11.3 Å². The van der Waals surface area contributed by atoms with Crippen LogP contribution in [0.1, 0.15) is 10.6 Å². The summed E-state index contributed by atoms with van der Waals surface area (Å²) >= 11 is 1.12. The lowest BCUT2D eigenvalue weighted by Crippen LogP contribution is -2.28. The van der Waals surface area contributed by atoms with Gasteiger partial charge in [-0.05, 0) is 6.92 Å². The smallest absolute Gasteiger partial charge is 0.310 e. The van der Waals surface area contributed by atoms with Gasteiger partial charge in [-0.1, -0.05) is 0 Å². The van der Waals surface area contributed by atoms with E-state index in [4.69, 9.17) is 0 Å². The van der Waals surface area contributed by atoms with E-state index in [2.05, 4.69) is 14.4 Å². The fourth-order valence-electron chi connectivity index (χ4n) is 1.04. The van der Waals surface area contributed by atoms with Crippen LogP contribution in [0.25, 0.3) is 0 Å². The van der Waals surface area contributed by atoms with Crippen molar-refractivity contribution in [1.29, 1.82) is 0 Å². The maximum atomic E-state index is 11.6. The Bertz CT molecular complexity index is 536. The van der Waals surface area contributed by atoms with Crippen molar-refractivity contribution in [3.63, 3.8) is 0 Å². The molecule has 0 saturated carbocycles. The molecule has 0 radical (unpaired) electrons. The minimum Gasteiger partial charge on any atom is -0.469 e. The highest BCUT2D eigenvalue weighted by Crippen LogP contribution is 2.24. The summed E-state index contributed by atoms with van der Waals surface area (Å²) in [6.07, 6.45) is 0.0870. The maximum Gasteiger partial charge on any atom is 0.310 e. The van der Waals surface area contributed by atoms with E-state index < -0.39 is 10.2 Å². The van der Waals surface area contributed by atoms with Crippen molar-refractivity contribution < 1.29 is 17.9 Å². The van der Waals surface area contributed by atoms with Crippen LogP contribution in [0.15, 0.2) is 0 Å². The minimum absolute atomic E-state index is 0.0870. The highest BCUT2D eigenvalue weighted by Gasteiger charge is 2.18. The normalized spacial score (nSPS) is 11.6. The van der Waals surface area contributed by atoms with Crippen LogP contribution in [0, 0.1) is 6.92 Å². The van der Waals surface area contributed by atoms with Crippen LogP contribution in [-0.2, 0) is 26.2 Å². The number of nitrogens with one attached hydrogen (secondary N) is 1. The van der Waals surface area contributed by atoms with Gasteiger partial charge in [0.05, 0.1) is 19.2 Å². The van der Waals surface area contributed by atoms with E-state index in [0.29, 0.717) is 10.6 Å². The summed E-state index contributed by atoms with van der Waals surface area (Å²) in [7, 11) is 0.556. The number of aryl methyl sites for hydroxylation is 1. The summed E-state index contributed by atoms with van der Waals surface area (Å²) in [6.45, 7) is 1.71.